The average molecular weight is 255 g/mol. The predicted octanol–water partition coefficient (Wildman–Crippen LogP) is 3.56. The van der Waals surface area contributed by atoms with Gasteiger partial charge in [0, 0.05) is 6.54 Å². The zero-order chi connectivity index (χ0) is 13.0. The number of unbranched alkanes of at least 4 members (excludes halogenated alkanes) is 2. The van der Waals surface area contributed by atoms with Crippen molar-refractivity contribution >= 4 is 0 Å². The maximum absolute atomic E-state index is 12.5. The molecule has 0 radical (unpaired) electrons. The van der Waals surface area contributed by atoms with E-state index in [1.165, 1.54) is 0 Å². The van der Waals surface area contributed by atoms with Gasteiger partial charge in [-0.05, 0) is 6.42 Å². The van der Waals surface area contributed by atoms with Crippen LogP contribution < -0.4 is 5.32 Å². The highest BCUT2D eigenvalue weighted by molar-refractivity contribution is 4.89. The third-order valence-corrected chi connectivity index (χ3v) is 1.88. The standard InChI is InChI=1S/C8H12F7N/c1-2-3-4-5-16-8(14,15)6(9,10)7(11,12)13/h16H,2-5H2,1H3. The van der Waals surface area contributed by atoms with E-state index in [9.17, 15) is 30.7 Å². The van der Waals surface area contributed by atoms with Crippen molar-refractivity contribution in [1.82, 2.24) is 5.32 Å². The molecular formula is C8H12F7N. The van der Waals surface area contributed by atoms with Crippen molar-refractivity contribution in [2.24, 2.45) is 0 Å². The summed E-state index contributed by atoms with van der Waals surface area (Å²) in [6, 6.07) is -5.28. The van der Waals surface area contributed by atoms with E-state index in [1.807, 2.05) is 0 Å². The van der Waals surface area contributed by atoms with Crippen molar-refractivity contribution in [1.29, 1.82) is 0 Å². The summed E-state index contributed by atoms with van der Waals surface area (Å²) in [5.41, 5.74) is 0. The molecule has 0 spiro atoms. The Kier molecular flexibility index (Phi) is 5.03. The van der Waals surface area contributed by atoms with E-state index in [0.29, 0.717) is 12.8 Å². The molecule has 0 saturated heterocycles. The van der Waals surface area contributed by atoms with Crippen molar-refractivity contribution in [3.63, 3.8) is 0 Å². The molecule has 0 bridgehead atoms. The monoisotopic (exact) mass is 255 g/mol. The van der Waals surface area contributed by atoms with Crippen LogP contribution in [0.4, 0.5) is 30.7 Å². The van der Waals surface area contributed by atoms with Crippen molar-refractivity contribution in [3.05, 3.63) is 0 Å². The van der Waals surface area contributed by atoms with Crippen molar-refractivity contribution in [2.45, 2.75) is 44.3 Å². The minimum absolute atomic E-state index is 0.111. The Morgan fingerprint density at radius 1 is 0.875 bits per heavy atom. The van der Waals surface area contributed by atoms with Crippen LogP contribution >= 0.6 is 0 Å². The molecule has 0 unspecified atom stereocenters. The second-order valence-electron chi connectivity index (χ2n) is 3.28. The fraction of sp³-hybridized carbons (Fsp3) is 1.00. The largest absolute Gasteiger partial charge is 0.461 e. The number of rotatable bonds is 6. The van der Waals surface area contributed by atoms with Crippen molar-refractivity contribution < 1.29 is 30.7 Å². The van der Waals surface area contributed by atoms with Gasteiger partial charge in [0.15, 0.2) is 0 Å². The van der Waals surface area contributed by atoms with Gasteiger partial charge in [-0.2, -0.15) is 30.7 Å². The van der Waals surface area contributed by atoms with Crippen LogP contribution in [0.2, 0.25) is 0 Å². The molecule has 0 aromatic rings. The number of nitrogens with one attached hydrogen (secondary N) is 1. The Hall–Kier alpha value is -0.530. The molecule has 8 heteroatoms. The molecule has 0 aliphatic rings. The summed E-state index contributed by atoms with van der Waals surface area (Å²) < 4.78 is 84.6. The fourth-order valence-electron chi connectivity index (χ4n) is 0.909. The zero-order valence-corrected chi connectivity index (χ0v) is 8.47. The maximum atomic E-state index is 12.5. The summed E-state index contributed by atoms with van der Waals surface area (Å²) in [5.74, 6) is -6.06. The van der Waals surface area contributed by atoms with Gasteiger partial charge in [-0.3, -0.25) is 5.32 Å². The van der Waals surface area contributed by atoms with Crippen molar-refractivity contribution in [2.75, 3.05) is 6.54 Å². The van der Waals surface area contributed by atoms with Crippen LogP contribution in [0.15, 0.2) is 0 Å². The van der Waals surface area contributed by atoms with E-state index in [4.69, 9.17) is 0 Å². The quantitative estimate of drug-likeness (QED) is 0.434. The Morgan fingerprint density at radius 3 is 1.75 bits per heavy atom. The van der Waals surface area contributed by atoms with Crippen LogP contribution in [0.3, 0.4) is 0 Å². The van der Waals surface area contributed by atoms with Crippen LogP contribution in [0.25, 0.3) is 0 Å². The summed E-state index contributed by atoms with van der Waals surface area (Å²) in [7, 11) is 0. The lowest BCUT2D eigenvalue weighted by Gasteiger charge is -2.28. The maximum Gasteiger partial charge on any atom is 0.461 e. The van der Waals surface area contributed by atoms with Gasteiger partial charge in [0.25, 0.3) is 0 Å². The first-order valence-electron chi connectivity index (χ1n) is 4.63. The summed E-state index contributed by atoms with van der Waals surface area (Å²) in [4.78, 5) is 0. The van der Waals surface area contributed by atoms with Crippen LogP contribution in [0.1, 0.15) is 26.2 Å². The first-order valence-corrected chi connectivity index (χ1v) is 4.63. The highest BCUT2D eigenvalue weighted by Crippen LogP contribution is 2.44. The van der Waals surface area contributed by atoms with Gasteiger partial charge in [-0.15, -0.1) is 0 Å². The molecule has 0 saturated carbocycles. The fourth-order valence-corrected chi connectivity index (χ4v) is 0.909. The Balaban J connectivity index is 4.41. The molecule has 16 heavy (non-hydrogen) atoms. The molecule has 0 aromatic carbocycles. The summed E-state index contributed by atoms with van der Waals surface area (Å²) in [6.45, 7) is 1.15. The summed E-state index contributed by atoms with van der Waals surface area (Å²) in [6.07, 6.45) is -5.04. The molecule has 0 aliphatic heterocycles. The number of alkyl halides is 7. The van der Waals surface area contributed by atoms with E-state index in [1.54, 1.807) is 6.92 Å². The summed E-state index contributed by atoms with van der Waals surface area (Å²) >= 11 is 0. The number of hydrogen-bond acceptors (Lipinski definition) is 1. The van der Waals surface area contributed by atoms with Gasteiger partial charge >= 0.3 is 18.1 Å². The molecule has 0 rings (SSSR count). The van der Waals surface area contributed by atoms with Crippen LogP contribution in [0, 0.1) is 0 Å². The van der Waals surface area contributed by atoms with Gasteiger partial charge in [0.1, 0.15) is 0 Å². The molecule has 0 atom stereocenters. The highest BCUT2D eigenvalue weighted by atomic mass is 19.4. The van der Waals surface area contributed by atoms with Gasteiger partial charge in [0.2, 0.25) is 0 Å². The molecule has 1 N–H and O–H groups in total. The zero-order valence-electron chi connectivity index (χ0n) is 8.47. The molecule has 0 amide bonds. The van der Waals surface area contributed by atoms with Gasteiger partial charge in [-0.1, -0.05) is 19.8 Å². The minimum Gasteiger partial charge on any atom is -0.253 e. The van der Waals surface area contributed by atoms with Crippen LogP contribution in [-0.4, -0.2) is 24.7 Å². The molecule has 0 aliphatic carbocycles. The summed E-state index contributed by atoms with van der Waals surface area (Å²) in [5, 5.41) is 0.937. The van der Waals surface area contributed by atoms with Gasteiger partial charge < -0.3 is 0 Å². The Labute approximate surface area is 88.0 Å². The molecule has 0 fully saturated rings. The Morgan fingerprint density at radius 2 is 1.38 bits per heavy atom. The predicted molar refractivity (Wildman–Crippen MR) is 43.5 cm³/mol. The molecule has 0 aromatic heterocycles. The average Bonchev–Trinajstić information content (AvgIpc) is 2.10. The number of hydrogen-bond donors (Lipinski definition) is 1. The van der Waals surface area contributed by atoms with Crippen LogP contribution in [0.5, 0.6) is 0 Å². The Bertz CT molecular complexity index is 211. The second kappa shape index (κ2) is 5.20. The minimum atomic E-state index is -6.27. The lowest BCUT2D eigenvalue weighted by molar-refractivity contribution is -0.361. The third kappa shape index (κ3) is 3.50. The molecule has 98 valence electrons. The molecule has 0 heterocycles. The number of halogens is 7. The van der Waals surface area contributed by atoms with E-state index in [2.05, 4.69) is 0 Å². The van der Waals surface area contributed by atoms with E-state index >= 15 is 0 Å². The van der Waals surface area contributed by atoms with Gasteiger partial charge in [-0.25, -0.2) is 0 Å². The third-order valence-electron chi connectivity index (χ3n) is 1.88. The lowest BCUT2D eigenvalue weighted by atomic mass is 10.2. The van der Waals surface area contributed by atoms with E-state index in [-0.39, 0.29) is 6.42 Å². The SMILES string of the molecule is CCCCCNC(F)(F)C(F)(F)C(F)(F)F. The van der Waals surface area contributed by atoms with E-state index in [0.717, 1.165) is 5.32 Å². The topological polar surface area (TPSA) is 12.0 Å². The lowest BCUT2D eigenvalue weighted by Crippen LogP contribution is -2.59. The highest BCUT2D eigenvalue weighted by Gasteiger charge is 2.72. The first-order chi connectivity index (χ1) is 7.06. The van der Waals surface area contributed by atoms with Gasteiger partial charge in [0.05, 0.1) is 0 Å². The first kappa shape index (κ1) is 15.5. The normalized spacial score (nSPS) is 14.2. The van der Waals surface area contributed by atoms with E-state index < -0.39 is 24.7 Å². The molecule has 1 nitrogen and oxygen atoms in total. The molecular weight excluding hydrogens is 243 g/mol. The van der Waals surface area contributed by atoms with Crippen molar-refractivity contribution in [3.8, 4) is 0 Å². The van der Waals surface area contributed by atoms with Crippen LogP contribution in [-0.2, 0) is 0 Å². The smallest absolute Gasteiger partial charge is 0.253 e. The second-order valence-corrected chi connectivity index (χ2v) is 3.28.